The topological polar surface area (TPSA) is 52.6 Å². The van der Waals surface area contributed by atoms with Crippen LogP contribution in [0, 0.1) is 0 Å². The molecule has 2 N–H and O–H groups in total. The molecule has 110 valence electrons. The van der Waals surface area contributed by atoms with Crippen LogP contribution < -0.4 is 5.32 Å². The normalized spacial score (nSPS) is 16.9. The monoisotopic (exact) mass is 312 g/mol. The Hall–Kier alpha value is -0.850. The lowest BCUT2D eigenvalue weighted by atomic mass is 10.2. The summed E-state index contributed by atoms with van der Waals surface area (Å²) in [4.78, 5) is 13.5. The SMILES string of the molecule is C[C@H](CO)N(C)C(=O)Nc1cccc(C2SCCS2)c1. The first-order valence-corrected chi connectivity index (χ1v) is 8.69. The van der Waals surface area contributed by atoms with Crippen molar-refractivity contribution in [3.8, 4) is 0 Å². The Labute approximate surface area is 128 Å². The first kappa shape index (κ1) is 15.5. The van der Waals surface area contributed by atoms with Crippen LogP contribution in [0.25, 0.3) is 0 Å². The molecule has 1 aromatic rings. The van der Waals surface area contributed by atoms with Crippen molar-refractivity contribution in [2.24, 2.45) is 0 Å². The standard InChI is InChI=1S/C14H20N2O2S2/c1-10(9-17)16(2)14(18)15-12-5-3-4-11(8-12)13-19-6-7-20-13/h3-5,8,10,13,17H,6-7,9H2,1-2H3,(H,15,18)/t10-/m1/s1. The number of carbonyl (C=O) groups is 1. The Balaban J connectivity index is 2.02. The number of urea groups is 1. The second kappa shape index (κ2) is 7.24. The number of aliphatic hydroxyl groups excluding tert-OH is 1. The van der Waals surface area contributed by atoms with E-state index in [1.165, 1.54) is 22.0 Å². The molecule has 0 spiro atoms. The summed E-state index contributed by atoms with van der Waals surface area (Å²) < 4.78 is 0.473. The third-order valence-corrected chi connectivity index (χ3v) is 6.38. The molecule has 1 fully saturated rings. The third-order valence-electron chi connectivity index (χ3n) is 3.28. The van der Waals surface area contributed by atoms with Crippen molar-refractivity contribution >= 4 is 35.2 Å². The molecule has 6 heteroatoms. The average Bonchev–Trinajstić information content (AvgIpc) is 3.00. The first-order chi connectivity index (χ1) is 9.61. The van der Waals surface area contributed by atoms with Crippen molar-refractivity contribution in [2.45, 2.75) is 17.5 Å². The number of anilines is 1. The zero-order valence-corrected chi connectivity index (χ0v) is 13.3. The summed E-state index contributed by atoms with van der Waals surface area (Å²) in [6.07, 6.45) is 0. The highest BCUT2D eigenvalue weighted by atomic mass is 32.2. The van der Waals surface area contributed by atoms with Gasteiger partial charge in [0, 0.05) is 24.2 Å². The van der Waals surface area contributed by atoms with E-state index in [-0.39, 0.29) is 18.7 Å². The molecule has 1 saturated heterocycles. The third kappa shape index (κ3) is 3.84. The van der Waals surface area contributed by atoms with Crippen LogP contribution in [0.5, 0.6) is 0 Å². The highest BCUT2D eigenvalue weighted by Gasteiger charge is 2.19. The van der Waals surface area contributed by atoms with Gasteiger partial charge in [0.15, 0.2) is 0 Å². The van der Waals surface area contributed by atoms with Crippen LogP contribution in [0.2, 0.25) is 0 Å². The summed E-state index contributed by atoms with van der Waals surface area (Å²) in [5, 5.41) is 12.0. The fraction of sp³-hybridized carbons (Fsp3) is 0.500. The molecule has 2 rings (SSSR count). The Morgan fingerprint density at radius 1 is 1.50 bits per heavy atom. The van der Waals surface area contributed by atoms with Crippen LogP contribution in [0.15, 0.2) is 24.3 Å². The van der Waals surface area contributed by atoms with Crippen LogP contribution in [0.3, 0.4) is 0 Å². The zero-order valence-electron chi connectivity index (χ0n) is 11.7. The van der Waals surface area contributed by atoms with Gasteiger partial charge in [0.25, 0.3) is 0 Å². The number of hydrogen-bond acceptors (Lipinski definition) is 4. The van der Waals surface area contributed by atoms with E-state index in [1.807, 2.05) is 48.6 Å². The summed E-state index contributed by atoms with van der Waals surface area (Å²) in [6, 6.07) is 7.61. The first-order valence-electron chi connectivity index (χ1n) is 6.59. The number of likely N-dealkylation sites (N-methyl/N-ethyl adjacent to an activating group) is 1. The Kier molecular flexibility index (Phi) is 5.63. The lowest BCUT2D eigenvalue weighted by Crippen LogP contribution is -2.40. The maximum absolute atomic E-state index is 12.0. The lowest BCUT2D eigenvalue weighted by molar-refractivity contribution is 0.166. The molecule has 0 aliphatic carbocycles. The summed E-state index contributed by atoms with van der Waals surface area (Å²) in [5.74, 6) is 2.37. The molecule has 20 heavy (non-hydrogen) atoms. The van der Waals surface area contributed by atoms with Gasteiger partial charge >= 0.3 is 6.03 Å². The van der Waals surface area contributed by atoms with Gasteiger partial charge in [-0.05, 0) is 24.6 Å². The highest BCUT2D eigenvalue weighted by Crippen LogP contribution is 2.45. The summed E-state index contributed by atoms with van der Waals surface area (Å²) in [7, 11) is 1.68. The van der Waals surface area contributed by atoms with Gasteiger partial charge in [-0.15, -0.1) is 23.5 Å². The largest absolute Gasteiger partial charge is 0.394 e. The minimum absolute atomic E-state index is 0.0423. The van der Waals surface area contributed by atoms with Gasteiger partial charge in [0.1, 0.15) is 0 Å². The molecule has 0 bridgehead atoms. The van der Waals surface area contributed by atoms with E-state index >= 15 is 0 Å². The molecule has 0 radical (unpaired) electrons. The number of hydrogen-bond donors (Lipinski definition) is 2. The van der Waals surface area contributed by atoms with Gasteiger partial charge < -0.3 is 15.3 Å². The summed E-state index contributed by atoms with van der Waals surface area (Å²) >= 11 is 3.89. The van der Waals surface area contributed by atoms with Crippen molar-refractivity contribution in [1.82, 2.24) is 4.90 Å². The highest BCUT2D eigenvalue weighted by molar-refractivity contribution is 8.19. The molecule has 0 unspecified atom stereocenters. The smallest absolute Gasteiger partial charge is 0.321 e. The number of thioether (sulfide) groups is 2. The number of rotatable bonds is 4. The molecule has 0 aromatic heterocycles. The fourth-order valence-electron chi connectivity index (χ4n) is 1.85. The maximum atomic E-state index is 12.0. The fourth-order valence-corrected chi connectivity index (χ4v) is 4.69. The maximum Gasteiger partial charge on any atom is 0.321 e. The molecule has 1 atom stereocenters. The Morgan fingerprint density at radius 3 is 2.85 bits per heavy atom. The van der Waals surface area contributed by atoms with Crippen LogP contribution in [0.1, 0.15) is 17.1 Å². The van der Waals surface area contributed by atoms with E-state index in [0.717, 1.165) is 5.69 Å². The van der Waals surface area contributed by atoms with E-state index in [1.54, 1.807) is 7.05 Å². The second-order valence-corrected chi connectivity index (χ2v) is 7.50. The Bertz CT molecular complexity index is 464. The second-order valence-electron chi connectivity index (χ2n) is 4.77. The number of nitrogens with one attached hydrogen (secondary N) is 1. The van der Waals surface area contributed by atoms with Gasteiger partial charge in [-0.3, -0.25) is 0 Å². The van der Waals surface area contributed by atoms with Gasteiger partial charge in [-0.2, -0.15) is 0 Å². The van der Waals surface area contributed by atoms with Crippen LogP contribution in [-0.4, -0.2) is 47.2 Å². The number of benzene rings is 1. The molecule has 2 amide bonds. The van der Waals surface area contributed by atoms with Crippen molar-refractivity contribution < 1.29 is 9.90 Å². The van der Waals surface area contributed by atoms with E-state index in [2.05, 4.69) is 11.4 Å². The van der Waals surface area contributed by atoms with E-state index < -0.39 is 0 Å². The molecular weight excluding hydrogens is 292 g/mol. The van der Waals surface area contributed by atoms with Gasteiger partial charge in [0.2, 0.25) is 0 Å². The van der Waals surface area contributed by atoms with Crippen molar-refractivity contribution in [3.63, 3.8) is 0 Å². The molecular formula is C14H20N2O2S2. The number of nitrogens with zero attached hydrogens (tertiary/aromatic N) is 1. The van der Waals surface area contributed by atoms with Crippen LogP contribution in [0.4, 0.5) is 10.5 Å². The van der Waals surface area contributed by atoms with Crippen molar-refractivity contribution in [2.75, 3.05) is 30.5 Å². The van der Waals surface area contributed by atoms with Crippen molar-refractivity contribution in [3.05, 3.63) is 29.8 Å². The molecule has 1 aliphatic rings. The number of aliphatic hydroxyl groups is 1. The lowest BCUT2D eigenvalue weighted by Gasteiger charge is -2.23. The predicted molar refractivity (Wildman–Crippen MR) is 87.4 cm³/mol. The quantitative estimate of drug-likeness (QED) is 0.897. The zero-order chi connectivity index (χ0) is 14.5. The summed E-state index contributed by atoms with van der Waals surface area (Å²) in [5.41, 5.74) is 2.05. The van der Waals surface area contributed by atoms with Crippen LogP contribution >= 0.6 is 23.5 Å². The average molecular weight is 312 g/mol. The van der Waals surface area contributed by atoms with E-state index in [0.29, 0.717) is 4.58 Å². The molecule has 0 saturated carbocycles. The van der Waals surface area contributed by atoms with E-state index in [4.69, 9.17) is 5.11 Å². The van der Waals surface area contributed by atoms with Gasteiger partial charge in [-0.1, -0.05) is 12.1 Å². The summed E-state index contributed by atoms with van der Waals surface area (Å²) in [6.45, 7) is 1.77. The van der Waals surface area contributed by atoms with Crippen LogP contribution in [-0.2, 0) is 0 Å². The molecule has 1 aliphatic heterocycles. The molecule has 1 aromatic carbocycles. The van der Waals surface area contributed by atoms with E-state index in [9.17, 15) is 4.79 Å². The minimum Gasteiger partial charge on any atom is -0.394 e. The predicted octanol–water partition coefficient (Wildman–Crippen LogP) is 3.01. The number of amides is 2. The molecule has 4 nitrogen and oxygen atoms in total. The Morgan fingerprint density at radius 2 is 2.20 bits per heavy atom. The molecule has 1 heterocycles. The van der Waals surface area contributed by atoms with Crippen molar-refractivity contribution in [1.29, 1.82) is 0 Å². The van der Waals surface area contributed by atoms with Gasteiger partial charge in [0.05, 0.1) is 17.2 Å². The minimum atomic E-state index is -0.199. The number of carbonyl (C=O) groups excluding carboxylic acids is 1. The van der Waals surface area contributed by atoms with Gasteiger partial charge in [-0.25, -0.2) is 4.79 Å².